The number of ether oxygens (including phenoxy) is 1. The summed E-state index contributed by atoms with van der Waals surface area (Å²) < 4.78 is 73.0. The van der Waals surface area contributed by atoms with Crippen molar-refractivity contribution in [3.05, 3.63) is 41.7 Å². The molecule has 11 heteroatoms. The molecule has 0 atom stereocenters. The predicted octanol–water partition coefficient (Wildman–Crippen LogP) is 3.97. The highest BCUT2D eigenvalue weighted by Crippen LogP contribution is 2.36. The molecule has 7 nitrogen and oxygen atoms in total. The summed E-state index contributed by atoms with van der Waals surface area (Å²) in [5, 5.41) is 2.98. The maximum Gasteiger partial charge on any atom is 0.416 e. The van der Waals surface area contributed by atoms with Gasteiger partial charge in [-0.15, -0.1) is 0 Å². The molecule has 0 amide bonds. The Bertz CT molecular complexity index is 1010. The van der Waals surface area contributed by atoms with Gasteiger partial charge in [-0.05, 0) is 55.4 Å². The van der Waals surface area contributed by atoms with Crippen molar-refractivity contribution in [3.8, 4) is 6.01 Å². The second-order valence-electron chi connectivity index (χ2n) is 7.77. The molecule has 3 rings (SSSR count). The molecule has 1 saturated carbocycles. The van der Waals surface area contributed by atoms with Gasteiger partial charge in [0.2, 0.25) is 10.0 Å². The van der Waals surface area contributed by atoms with Gasteiger partial charge in [-0.25, -0.2) is 18.4 Å². The fourth-order valence-corrected chi connectivity index (χ4v) is 5.07. The lowest BCUT2D eigenvalue weighted by molar-refractivity contribution is -0.137. The molecule has 0 saturated heterocycles. The highest BCUT2D eigenvalue weighted by Gasteiger charge is 2.36. The molecular weight excluding hydrogens is 445 g/mol. The van der Waals surface area contributed by atoms with Gasteiger partial charge in [0.25, 0.3) is 0 Å². The lowest BCUT2D eigenvalue weighted by Gasteiger charge is -2.24. The summed E-state index contributed by atoms with van der Waals surface area (Å²) >= 11 is 0. The highest BCUT2D eigenvalue weighted by atomic mass is 32.2. The Balaban J connectivity index is 1.85. The Morgan fingerprint density at radius 3 is 2.47 bits per heavy atom. The van der Waals surface area contributed by atoms with Crippen LogP contribution in [-0.2, 0) is 22.6 Å². The molecule has 2 aromatic rings. The first-order chi connectivity index (χ1) is 15.1. The summed E-state index contributed by atoms with van der Waals surface area (Å²) in [5.41, 5.74) is -0.0756. The van der Waals surface area contributed by atoms with E-state index >= 15 is 0 Å². The van der Waals surface area contributed by atoms with E-state index in [1.165, 1.54) is 17.5 Å². The smallest absolute Gasteiger partial charge is 0.416 e. The van der Waals surface area contributed by atoms with Gasteiger partial charge in [0, 0.05) is 32.0 Å². The van der Waals surface area contributed by atoms with Crippen molar-refractivity contribution in [1.29, 1.82) is 0 Å². The Morgan fingerprint density at radius 1 is 1.22 bits per heavy atom. The molecule has 0 spiro atoms. The van der Waals surface area contributed by atoms with Crippen LogP contribution in [0.25, 0.3) is 0 Å². The van der Waals surface area contributed by atoms with Crippen molar-refractivity contribution in [3.63, 3.8) is 0 Å². The lowest BCUT2D eigenvalue weighted by Crippen LogP contribution is -2.34. The lowest BCUT2D eigenvalue weighted by atomic mass is 10.2. The second kappa shape index (κ2) is 10.0. The summed E-state index contributed by atoms with van der Waals surface area (Å²) in [4.78, 5) is 7.66. The van der Waals surface area contributed by atoms with Gasteiger partial charge in [0.05, 0.1) is 18.4 Å². The molecule has 1 aromatic heterocycles. The van der Waals surface area contributed by atoms with Crippen LogP contribution in [0.5, 0.6) is 6.01 Å². The third-order valence-electron chi connectivity index (χ3n) is 5.15. The Morgan fingerprint density at radius 2 is 1.91 bits per heavy atom. The molecule has 32 heavy (non-hydrogen) atoms. The van der Waals surface area contributed by atoms with Gasteiger partial charge in [-0.3, -0.25) is 0 Å². The summed E-state index contributed by atoms with van der Waals surface area (Å²) in [5.74, 6) is 0.272. The topological polar surface area (TPSA) is 84.4 Å². The van der Waals surface area contributed by atoms with E-state index in [0.717, 1.165) is 30.5 Å². The molecule has 1 aliphatic carbocycles. The largest absolute Gasteiger partial charge is 0.467 e. The van der Waals surface area contributed by atoms with Gasteiger partial charge in [0.1, 0.15) is 4.90 Å². The zero-order chi connectivity index (χ0) is 23.4. The van der Waals surface area contributed by atoms with Crippen LogP contribution in [0.3, 0.4) is 0 Å². The molecule has 176 valence electrons. The van der Waals surface area contributed by atoms with Crippen LogP contribution in [0.4, 0.5) is 18.9 Å². The van der Waals surface area contributed by atoms with Gasteiger partial charge >= 0.3 is 12.2 Å². The number of anilines is 1. The monoisotopic (exact) mass is 472 g/mol. The molecule has 0 unspecified atom stereocenters. The van der Waals surface area contributed by atoms with Crippen molar-refractivity contribution in [1.82, 2.24) is 14.3 Å². The van der Waals surface area contributed by atoms with Crippen molar-refractivity contribution < 1.29 is 26.3 Å². The SMILES string of the molecule is CCCN(CC1CC1)S(=O)(=O)c1cc(C(F)(F)F)ccc1NCCc1cnc(OC)nc1. The summed E-state index contributed by atoms with van der Waals surface area (Å²) in [6.07, 6.45) is 1.42. The highest BCUT2D eigenvalue weighted by molar-refractivity contribution is 7.89. The average Bonchev–Trinajstić information content (AvgIpc) is 3.57. The third kappa shape index (κ3) is 6.10. The number of hydrogen-bond acceptors (Lipinski definition) is 6. The number of benzene rings is 1. The van der Waals surface area contributed by atoms with Gasteiger partial charge in [-0.1, -0.05) is 6.92 Å². The zero-order valence-electron chi connectivity index (χ0n) is 18.0. The van der Waals surface area contributed by atoms with Gasteiger partial charge < -0.3 is 10.1 Å². The van der Waals surface area contributed by atoms with E-state index in [1.54, 1.807) is 12.4 Å². The standard InChI is InChI=1S/C21H27F3N4O3S/c1-3-10-28(14-15-4-5-15)32(29,30)19-11-17(21(22,23)24)6-7-18(19)25-9-8-16-12-26-20(31-2)27-13-16/h6-7,11-13,15,25H,3-5,8-10,14H2,1-2H3. The van der Waals surface area contributed by atoms with Gasteiger partial charge in [-0.2, -0.15) is 17.5 Å². The first-order valence-electron chi connectivity index (χ1n) is 10.4. The van der Waals surface area contributed by atoms with Crippen LogP contribution in [0.15, 0.2) is 35.5 Å². The minimum Gasteiger partial charge on any atom is -0.467 e. The van der Waals surface area contributed by atoms with Crippen molar-refractivity contribution in [2.45, 2.75) is 43.7 Å². The quantitative estimate of drug-likeness (QED) is 0.533. The second-order valence-corrected chi connectivity index (χ2v) is 9.68. The predicted molar refractivity (Wildman–Crippen MR) is 114 cm³/mol. The molecule has 1 aliphatic rings. The minimum atomic E-state index is -4.64. The normalized spacial score (nSPS) is 14.6. The number of nitrogens with one attached hydrogen (secondary N) is 1. The number of aromatic nitrogens is 2. The number of alkyl halides is 3. The van der Waals surface area contributed by atoms with Crippen molar-refractivity contribution >= 4 is 15.7 Å². The summed E-state index contributed by atoms with van der Waals surface area (Å²) in [7, 11) is -2.65. The van der Waals surface area contributed by atoms with Crippen LogP contribution in [0.2, 0.25) is 0 Å². The van der Waals surface area contributed by atoms with E-state index in [9.17, 15) is 21.6 Å². The molecule has 1 heterocycles. The zero-order valence-corrected chi connectivity index (χ0v) is 18.8. The Kier molecular flexibility index (Phi) is 7.60. The maximum atomic E-state index is 13.4. The van der Waals surface area contributed by atoms with Crippen LogP contribution >= 0.6 is 0 Å². The number of nitrogens with zero attached hydrogens (tertiary/aromatic N) is 3. The number of hydrogen-bond donors (Lipinski definition) is 1. The third-order valence-corrected chi connectivity index (χ3v) is 7.06. The van der Waals surface area contributed by atoms with Crippen molar-refractivity contribution in [2.75, 3.05) is 32.1 Å². The fourth-order valence-electron chi connectivity index (χ4n) is 3.26. The number of sulfonamides is 1. The summed E-state index contributed by atoms with van der Waals surface area (Å²) in [6.45, 7) is 2.73. The van der Waals surface area contributed by atoms with Crippen LogP contribution in [0.1, 0.15) is 37.3 Å². The molecule has 1 fully saturated rings. The first kappa shape index (κ1) is 24.2. The number of methoxy groups -OCH3 is 1. The van der Waals surface area contributed by atoms with Crippen LogP contribution < -0.4 is 10.1 Å². The minimum absolute atomic E-state index is 0.143. The Hall–Kier alpha value is -2.40. The number of rotatable bonds is 11. The van der Waals surface area contributed by atoms with E-state index in [0.29, 0.717) is 25.9 Å². The first-order valence-corrected chi connectivity index (χ1v) is 11.9. The molecule has 1 aromatic carbocycles. The van der Waals surface area contributed by atoms with E-state index in [4.69, 9.17) is 4.74 Å². The van der Waals surface area contributed by atoms with E-state index in [2.05, 4.69) is 15.3 Å². The van der Waals surface area contributed by atoms with Crippen LogP contribution in [-0.4, -0.2) is 49.4 Å². The van der Waals surface area contributed by atoms with E-state index < -0.39 is 21.8 Å². The van der Waals surface area contributed by atoms with Crippen molar-refractivity contribution in [2.24, 2.45) is 5.92 Å². The van der Waals surface area contributed by atoms with E-state index in [1.807, 2.05) is 6.92 Å². The molecule has 0 aliphatic heterocycles. The van der Waals surface area contributed by atoms with Crippen LogP contribution in [0, 0.1) is 5.92 Å². The molecule has 0 bridgehead atoms. The Labute approximate surface area is 186 Å². The average molecular weight is 473 g/mol. The molecule has 0 radical (unpaired) electrons. The van der Waals surface area contributed by atoms with Gasteiger partial charge in [0.15, 0.2) is 0 Å². The number of halogens is 3. The summed E-state index contributed by atoms with van der Waals surface area (Å²) in [6, 6.07) is 3.03. The molecular formula is C21H27F3N4O3S. The fraction of sp³-hybridized carbons (Fsp3) is 0.524. The van der Waals surface area contributed by atoms with E-state index in [-0.39, 0.29) is 29.1 Å². The molecule has 1 N–H and O–H groups in total. The maximum absolute atomic E-state index is 13.4.